The van der Waals surface area contributed by atoms with Crippen LogP contribution in [0.2, 0.25) is 0 Å². The highest BCUT2D eigenvalue weighted by molar-refractivity contribution is 5.55. The van der Waals surface area contributed by atoms with E-state index in [0.717, 1.165) is 82.1 Å². The summed E-state index contributed by atoms with van der Waals surface area (Å²) in [6, 6.07) is 6.87. The molecule has 0 unspecified atom stereocenters. The standard InChI is InChI=1S/C27H36F3N5O3/c1-26(2,3)18-33-12-14-34(15-13-33)25-17-22(10-11-31-25)38-21-7-4-19(5-8-21)32-20-6-9-24(35(36)37)23(16-20)27(28,29)30/h6,9-11,16-17,19,21,32H,4-5,7-8,12-15,18H2,1-3H3/t19-,21-. The van der Waals surface area contributed by atoms with Crippen molar-refractivity contribution in [1.29, 1.82) is 0 Å². The molecule has 2 heterocycles. The van der Waals surface area contributed by atoms with Crippen LogP contribution in [0.25, 0.3) is 0 Å². The zero-order chi connectivity index (χ0) is 27.5. The average Bonchev–Trinajstić information content (AvgIpc) is 2.84. The van der Waals surface area contributed by atoms with Crippen molar-refractivity contribution in [1.82, 2.24) is 9.88 Å². The first kappa shape index (κ1) is 27.9. The molecule has 4 rings (SSSR count). The van der Waals surface area contributed by atoms with Crippen molar-refractivity contribution in [3.63, 3.8) is 0 Å². The van der Waals surface area contributed by atoms with Gasteiger partial charge in [0.25, 0.3) is 5.69 Å². The monoisotopic (exact) mass is 535 g/mol. The van der Waals surface area contributed by atoms with Crippen LogP contribution in [0.15, 0.2) is 36.5 Å². The minimum atomic E-state index is -4.80. The van der Waals surface area contributed by atoms with E-state index >= 15 is 0 Å². The van der Waals surface area contributed by atoms with Gasteiger partial charge >= 0.3 is 6.18 Å². The van der Waals surface area contributed by atoms with E-state index in [9.17, 15) is 23.3 Å². The Labute approximate surface area is 221 Å². The number of alkyl halides is 3. The van der Waals surface area contributed by atoms with Crippen LogP contribution in [-0.2, 0) is 6.18 Å². The van der Waals surface area contributed by atoms with Crippen molar-refractivity contribution in [2.24, 2.45) is 5.41 Å². The molecule has 0 radical (unpaired) electrons. The molecule has 2 aliphatic rings. The van der Waals surface area contributed by atoms with Crippen LogP contribution in [0.5, 0.6) is 5.75 Å². The summed E-state index contributed by atoms with van der Waals surface area (Å²) in [7, 11) is 0. The number of halogens is 3. The maximum absolute atomic E-state index is 13.3. The van der Waals surface area contributed by atoms with Crippen LogP contribution >= 0.6 is 0 Å². The molecule has 208 valence electrons. The molecule has 1 aromatic carbocycles. The number of hydrogen-bond acceptors (Lipinski definition) is 7. The van der Waals surface area contributed by atoms with Gasteiger partial charge < -0.3 is 15.0 Å². The zero-order valence-electron chi connectivity index (χ0n) is 22.1. The number of hydrogen-bond donors (Lipinski definition) is 1. The number of nitrogens with one attached hydrogen (secondary N) is 1. The van der Waals surface area contributed by atoms with Crippen molar-refractivity contribution in [3.8, 4) is 5.75 Å². The lowest BCUT2D eigenvalue weighted by molar-refractivity contribution is -0.388. The van der Waals surface area contributed by atoms with Gasteiger partial charge in [-0.3, -0.25) is 15.0 Å². The van der Waals surface area contributed by atoms with Crippen LogP contribution in [-0.4, -0.2) is 59.7 Å². The summed E-state index contributed by atoms with van der Waals surface area (Å²) >= 11 is 0. The predicted molar refractivity (Wildman–Crippen MR) is 141 cm³/mol. The molecule has 2 fully saturated rings. The maximum Gasteiger partial charge on any atom is 0.423 e. The molecule has 1 aliphatic carbocycles. The number of nitro groups is 1. The number of rotatable bonds is 7. The second-order valence-corrected chi connectivity index (χ2v) is 11.4. The number of benzene rings is 1. The van der Waals surface area contributed by atoms with Gasteiger partial charge in [0, 0.05) is 62.8 Å². The fourth-order valence-corrected chi connectivity index (χ4v) is 5.22. The average molecular weight is 536 g/mol. The predicted octanol–water partition coefficient (Wildman–Crippen LogP) is 5.98. The fourth-order valence-electron chi connectivity index (χ4n) is 5.22. The number of nitrogens with zero attached hydrogens (tertiary/aromatic N) is 4. The number of nitro benzene ring substituents is 1. The third-order valence-corrected chi connectivity index (χ3v) is 6.96. The van der Waals surface area contributed by atoms with Gasteiger partial charge in [0.05, 0.1) is 11.0 Å². The van der Waals surface area contributed by atoms with Crippen LogP contribution in [0, 0.1) is 15.5 Å². The smallest absolute Gasteiger partial charge is 0.423 e. The first-order chi connectivity index (χ1) is 17.9. The number of aromatic nitrogens is 1. The first-order valence-corrected chi connectivity index (χ1v) is 13.1. The van der Waals surface area contributed by atoms with Crippen LogP contribution in [0.1, 0.15) is 52.0 Å². The van der Waals surface area contributed by atoms with Crippen molar-refractivity contribution >= 4 is 17.2 Å². The Morgan fingerprint density at radius 2 is 1.74 bits per heavy atom. The largest absolute Gasteiger partial charge is 0.490 e. The second kappa shape index (κ2) is 11.3. The van der Waals surface area contributed by atoms with Gasteiger partial charge in [-0.05, 0) is 49.3 Å². The molecule has 11 heteroatoms. The minimum Gasteiger partial charge on any atom is -0.490 e. The van der Waals surface area contributed by atoms with Crippen molar-refractivity contribution in [3.05, 3.63) is 52.2 Å². The Bertz CT molecular complexity index is 1110. The Balaban J connectivity index is 1.28. The van der Waals surface area contributed by atoms with E-state index in [2.05, 4.69) is 40.9 Å². The van der Waals surface area contributed by atoms with Gasteiger partial charge in [0.1, 0.15) is 17.1 Å². The molecule has 38 heavy (non-hydrogen) atoms. The summed E-state index contributed by atoms with van der Waals surface area (Å²) in [5.74, 6) is 1.68. The molecule has 0 spiro atoms. The zero-order valence-corrected chi connectivity index (χ0v) is 22.1. The summed E-state index contributed by atoms with van der Waals surface area (Å²) in [4.78, 5) is 19.3. The second-order valence-electron chi connectivity index (χ2n) is 11.4. The van der Waals surface area contributed by atoms with E-state index < -0.39 is 22.4 Å². The Morgan fingerprint density at radius 3 is 2.34 bits per heavy atom. The molecule has 1 aliphatic heterocycles. The molecule has 1 saturated heterocycles. The molecule has 2 aromatic rings. The topological polar surface area (TPSA) is 83.8 Å². The summed E-state index contributed by atoms with van der Waals surface area (Å²) in [6.07, 6.45) is -0.0801. The number of piperazine rings is 1. The lowest BCUT2D eigenvalue weighted by Crippen LogP contribution is -2.48. The molecular weight excluding hydrogens is 499 g/mol. The molecule has 1 aromatic heterocycles. The number of ether oxygens (including phenoxy) is 1. The maximum atomic E-state index is 13.3. The van der Waals surface area contributed by atoms with Gasteiger partial charge in [0.2, 0.25) is 0 Å². The van der Waals surface area contributed by atoms with E-state index in [1.807, 2.05) is 12.1 Å². The van der Waals surface area contributed by atoms with E-state index in [0.29, 0.717) is 0 Å². The lowest BCUT2D eigenvalue weighted by Gasteiger charge is -2.38. The highest BCUT2D eigenvalue weighted by Gasteiger charge is 2.38. The lowest BCUT2D eigenvalue weighted by atomic mass is 9.92. The highest BCUT2D eigenvalue weighted by atomic mass is 19.4. The fraction of sp³-hybridized carbons (Fsp3) is 0.593. The summed E-state index contributed by atoms with van der Waals surface area (Å²) in [5.41, 5.74) is -1.68. The van der Waals surface area contributed by atoms with E-state index in [4.69, 9.17) is 4.74 Å². The van der Waals surface area contributed by atoms with Gasteiger partial charge in [-0.25, -0.2) is 4.98 Å². The number of anilines is 2. The molecular formula is C27H36F3N5O3. The Kier molecular flexibility index (Phi) is 8.34. The van der Waals surface area contributed by atoms with Gasteiger partial charge in [0.15, 0.2) is 0 Å². The quantitative estimate of drug-likeness (QED) is 0.345. The van der Waals surface area contributed by atoms with Crippen LogP contribution < -0.4 is 15.0 Å². The van der Waals surface area contributed by atoms with Crippen molar-refractivity contribution < 1.29 is 22.8 Å². The molecule has 0 bridgehead atoms. The molecule has 0 amide bonds. The van der Waals surface area contributed by atoms with Crippen LogP contribution in [0.4, 0.5) is 30.4 Å². The molecule has 1 N–H and O–H groups in total. The molecule has 1 saturated carbocycles. The third-order valence-electron chi connectivity index (χ3n) is 6.96. The molecule has 0 atom stereocenters. The van der Waals surface area contributed by atoms with Crippen LogP contribution in [0.3, 0.4) is 0 Å². The highest BCUT2D eigenvalue weighted by Crippen LogP contribution is 2.38. The van der Waals surface area contributed by atoms with E-state index in [-0.39, 0.29) is 23.2 Å². The third kappa shape index (κ3) is 7.49. The van der Waals surface area contributed by atoms with Gasteiger partial charge in [-0.15, -0.1) is 0 Å². The molecule has 8 nitrogen and oxygen atoms in total. The normalized spacial score (nSPS) is 21.3. The first-order valence-electron chi connectivity index (χ1n) is 13.1. The Morgan fingerprint density at radius 1 is 1.05 bits per heavy atom. The minimum absolute atomic E-state index is 0.00882. The summed E-state index contributed by atoms with van der Waals surface area (Å²) in [5, 5.41) is 14.1. The van der Waals surface area contributed by atoms with Crippen molar-refractivity contribution in [2.75, 3.05) is 42.9 Å². The van der Waals surface area contributed by atoms with Gasteiger partial charge in [-0.2, -0.15) is 13.2 Å². The van der Waals surface area contributed by atoms with E-state index in [1.54, 1.807) is 6.20 Å². The van der Waals surface area contributed by atoms with Crippen molar-refractivity contribution in [2.45, 2.75) is 64.8 Å². The summed E-state index contributed by atoms with van der Waals surface area (Å²) in [6.45, 7) is 11.7. The van der Waals surface area contributed by atoms with Gasteiger partial charge in [-0.1, -0.05) is 20.8 Å². The summed E-state index contributed by atoms with van der Waals surface area (Å²) < 4.78 is 46.1. The SMILES string of the molecule is CC(C)(C)CN1CCN(c2cc(O[C@H]3CC[C@H](Nc4ccc([N+](=O)[O-])c(C(F)(F)F)c4)CC3)ccn2)CC1. The number of pyridine rings is 1. The Hall–Kier alpha value is -3.08. The van der Waals surface area contributed by atoms with E-state index in [1.165, 1.54) is 6.07 Å².